The zero-order valence-corrected chi connectivity index (χ0v) is 22.4. The summed E-state index contributed by atoms with van der Waals surface area (Å²) in [6, 6.07) is -2.83. The van der Waals surface area contributed by atoms with Gasteiger partial charge in [-0.15, -0.1) is 0 Å². The summed E-state index contributed by atoms with van der Waals surface area (Å²) in [6.45, 7) is 9.73. The van der Waals surface area contributed by atoms with Gasteiger partial charge in [0, 0.05) is 25.0 Å². The number of nitrogens with two attached hydrogens (primary N) is 1. The highest BCUT2D eigenvalue weighted by atomic mass is 32.2. The molecule has 9 nitrogen and oxygen atoms in total. The Balaban J connectivity index is 4.60. The number of aliphatic carboxylic acids is 1. The van der Waals surface area contributed by atoms with Gasteiger partial charge in [-0.1, -0.05) is 34.9 Å². The van der Waals surface area contributed by atoms with Crippen LogP contribution in [0.1, 0.15) is 66.7 Å². The number of rotatable bonds is 17. The van der Waals surface area contributed by atoms with E-state index in [1.54, 1.807) is 0 Å². The topological polar surface area (TPSA) is 151 Å². The van der Waals surface area contributed by atoms with Crippen molar-refractivity contribution in [3.63, 3.8) is 0 Å². The van der Waals surface area contributed by atoms with Crippen molar-refractivity contribution in [2.24, 2.45) is 5.73 Å². The summed E-state index contributed by atoms with van der Waals surface area (Å²) in [5, 5.41) is 16.8. The van der Waals surface area contributed by atoms with Gasteiger partial charge in [-0.3, -0.25) is 9.59 Å². The molecule has 0 aromatic carbocycles. The molecule has 0 heterocycles. The Labute approximate surface area is 213 Å². The number of carbonyl (C=O) groups excluding carboxylic acids is 3. The predicted molar refractivity (Wildman–Crippen MR) is 142 cm³/mol. The molecule has 198 valence electrons. The van der Waals surface area contributed by atoms with Gasteiger partial charge in [-0.2, -0.15) is 11.8 Å². The predicted octanol–water partition coefficient (Wildman–Crippen LogP) is 3.27. The molecular weight excluding hydrogens is 468 g/mol. The molecule has 0 aliphatic heterocycles. The fourth-order valence-corrected chi connectivity index (χ4v) is 4.03. The number of primary amides is 1. The number of thioether (sulfide) groups is 1. The molecule has 0 saturated carbocycles. The number of urea groups is 1. The molecule has 0 radical (unpaired) electrons. The first kappa shape index (κ1) is 32.2. The monoisotopic (exact) mass is 510 g/mol. The smallest absolute Gasteiger partial charge is 0.327 e. The maximum absolute atomic E-state index is 12.5. The van der Waals surface area contributed by atoms with Crippen LogP contribution in [-0.2, 0) is 14.4 Å². The average Bonchev–Trinajstić information content (AvgIpc) is 2.74. The van der Waals surface area contributed by atoms with Crippen molar-refractivity contribution in [3.8, 4) is 0 Å². The summed E-state index contributed by atoms with van der Waals surface area (Å²) in [5.41, 5.74) is 8.95. The van der Waals surface area contributed by atoms with Gasteiger partial charge in [-0.25, -0.2) is 9.59 Å². The first-order valence-electron chi connectivity index (χ1n) is 11.8. The summed E-state index contributed by atoms with van der Waals surface area (Å²) in [4.78, 5) is 46.3. The summed E-state index contributed by atoms with van der Waals surface area (Å²) in [5.74, 6) is -1.41. The van der Waals surface area contributed by atoms with Crippen LogP contribution in [0.5, 0.6) is 0 Å². The third-order valence-electron chi connectivity index (χ3n) is 5.00. The van der Waals surface area contributed by atoms with Crippen molar-refractivity contribution in [2.75, 3.05) is 18.1 Å². The molecule has 0 fully saturated rings. The molecule has 0 saturated heterocycles. The summed E-state index contributed by atoms with van der Waals surface area (Å²) in [6.07, 6.45) is 10.7. The maximum Gasteiger partial charge on any atom is 0.327 e. The van der Waals surface area contributed by atoms with Crippen molar-refractivity contribution in [1.29, 1.82) is 0 Å². The van der Waals surface area contributed by atoms with Crippen molar-refractivity contribution in [3.05, 3.63) is 34.9 Å². The van der Waals surface area contributed by atoms with Crippen LogP contribution in [0.25, 0.3) is 0 Å². The second kappa shape index (κ2) is 18.6. The highest BCUT2D eigenvalue weighted by molar-refractivity contribution is 7.99. The molecule has 0 aliphatic carbocycles. The summed E-state index contributed by atoms with van der Waals surface area (Å²) >= 11 is 1.41. The van der Waals surface area contributed by atoms with Crippen LogP contribution in [0.2, 0.25) is 0 Å². The van der Waals surface area contributed by atoms with E-state index >= 15 is 0 Å². The number of hydrogen-bond donors (Lipinski definition) is 5. The van der Waals surface area contributed by atoms with Crippen molar-refractivity contribution >= 4 is 35.6 Å². The molecular formula is C25H42N4O5S. The van der Waals surface area contributed by atoms with Gasteiger partial charge in [0.25, 0.3) is 0 Å². The molecule has 0 spiro atoms. The normalized spacial score (nSPS) is 13.4. The van der Waals surface area contributed by atoms with Crippen LogP contribution in [0.15, 0.2) is 34.9 Å². The first-order chi connectivity index (χ1) is 16.4. The molecule has 0 rings (SSSR count). The molecule has 0 aliphatic rings. The van der Waals surface area contributed by atoms with E-state index in [4.69, 9.17) is 5.73 Å². The fraction of sp³-hybridized carbons (Fsp3) is 0.600. The molecule has 35 heavy (non-hydrogen) atoms. The minimum atomic E-state index is -1.16. The van der Waals surface area contributed by atoms with Crippen molar-refractivity contribution in [1.82, 2.24) is 16.0 Å². The Kier molecular flexibility index (Phi) is 17.1. The largest absolute Gasteiger partial charge is 0.480 e. The van der Waals surface area contributed by atoms with Gasteiger partial charge in [0.05, 0.1) is 0 Å². The zero-order valence-electron chi connectivity index (χ0n) is 21.6. The van der Waals surface area contributed by atoms with Gasteiger partial charge in [0.2, 0.25) is 11.8 Å². The van der Waals surface area contributed by atoms with Crippen LogP contribution in [0.4, 0.5) is 4.79 Å². The van der Waals surface area contributed by atoms with Crippen LogP contribution in [0.3, 0.4) is 0 Å². The standard InChI is InChI=1S/C25H42N4O5S/c1-17(2)8-6-9-18(3)10-7-11-19(4)13-15-35-16-22(24(32)33)29-23(31)21(28-20(5)30)12-14-27-25(26)34/h8,10,13,21-22H,6-7,9,11-12,14-16H2,1-5H3,(H,28,30)(H,29,31)(H,32,33)(H3,26,27,34)/t21?,22-/m0/s1. The Morgan fingerprint density at radius 2 is 1.49 bits per heavy atom. The lowest BCUT2D eigenvalue weighted by Gasteiger charge is -2.21. The van der Waals surface area contributed by atoms with Crippen LogP contribution in [0, 0.1) is 0 Å². The lowest BCUT2D eigenvalue weighted by Crippen LogP contribution is -2.53. The lowest BCUT2D eigenvalue weighted by molar-refractivity contribution is -0.141. The zero-order chi connectivity index (χ0) is 26.8. The Bertz CT molecular complexity index is 804. The molecule has 0 aromatic rings. The molecule has 0 aromatic heterocycles. The quantitative estimate of drug-likeness (QED) is 0.150. The van der Waals surface area contributed by atoms with Crippen molar-refractivity contribution < 1.29 is 24.3 Å². The molecule has 2 atom stereocenters. The number of carbonyl (C=O) groups is 4. The Morgan fingerprint density at radius 3 is 2.03 bits per heavy atom. The lowest BCUT2D eigenvalue weighted by atomic mass is 10.1. The number of hydrogen-bond acceptors (Lipinski definition) is 5. The van der Waals surface area contributed by atoms with Crippen LogP contribution < -0.4 is 21.7 Å². The van der Waals surface area contributed by atoms with Gasteiger partial charge < -0.3 is 26.8 Å². The van der Waals surface area contributed by atoms with Crippen LogP contribution >= 0.6 is 11.8 Å². The van der Waals surface area contributed by atoms with Gasteiger partial charge >= 0.3 is 12.0 Å². The molecule has 6 N–H and O–H groups in total. The van der Waals surface area contributed by atoms with Crippen LogP contribution in [-0.4, -0.2) is 59.1 Å². The highest BCUT2D eigenvalue weighted by Crippen LogP contribution is 2.13. The van der Waals surface area contributed by atoms with E-state index < -0.39 is 35.9 Å². The van der Waals surface area contributed by atoms with E-state index in [2.05, 4.69) is 61.9 Å². The number of carboxylic acid groups (broad SMARTS) is 1. The van der Waals surface area contributed by atoms with Crippen molar-refractivity contribution in [2.45, 2.75) is 78.8 Å². The van der Waals surface area contributed by atoms with Gasteiger partial charge in [-0.05, 0) is 59.8 Å². The van der Waals surface area contributed by atoms with E-state index in [1.807, 2.05) is 0 Å². The van der Waals surface area contributed by atoms with E-state index in [0.29, 0.717) is 5.75 Å². The first-order valence-corrected chi connectivity index (χ1v) is 12.9. The van der Waals surface area contributed by atoms with E-state index in [0.717, 1.165) is 25.7 Å². The molecule has 4 amide bonds. The van der Waals surface area contributed by atoms with Gasteiger partial charge in [0.15, 0.2) is 0 Å². The Morgan fingerprint density at radius 1 is 0.886 bits per heavy atom. The van der Waals surface area contributed by atoms with E-state index in [9.17, 15) is 24.3 Å². The third-order valence-corrected chi connectivity index (χ3v) is 5.97. The maximum atomic E-state index is 12.5. The fourth-order valence-electron chi connectivity index (χ4n) is 3.03. The van der Waals surface area contributed by atoms with E-state index in [1.165, 1.54) is 35.4 Å². The SMILES string of the molecule is CC(=O)NC(CCNC(N)=O)C(=O)N[C@@H](CSCC=C(C)CCC=C(C)CCC=C(C)C)C(=O)O. The number of nitrogens with one attached hydrogen (secondary N) is 3. The number of allylic oxidation sites excluding steroid dienone is 5. The minimum Gasteiger partial charge on any atom is -0.480 e. The molecule has 0 bridgehead atoms. The number of carboxylic acids is 1. The minimum absolute atomic E-state index is 0.0639. The molecule has 10 heteroatoms. The average molecular weight is 511 g/mol. The van der Waals surface area contributed by atoms with Gasteiger partial charge in [0.1, 0.15) is 12.1 Å². The highest BCUT2D eigenvalue weighted by Gasteiger charge is 2.25. The third kappa shape index (κ3) is 18.3. The second-order valence-electron chi connectivity index (χ2n) is 8.73. The molecule has 1 unspecified atom stereocenters. The summed E-state index contributed by atoms with van der Waals surface area (Å²) in [7, 11) is 0. The summed E-state index contributed by atoms with van der Waals surface area (Å²) < 4.78 is 0. The second-order valence-corrected chi connectivity index (χ2v) is 9.80. The Hall–Kier alpha value is -2.75. The van der Waals surface area contributed by atoms with E-state index in [-0.39, 0.29) is 18.7 Å². The number of amides is 4.